The molecule has 1 amide bonds. The normalized spacial score (nSPS) is 13.1. The number of nitro groups is 1. The van der Waals surface area contributed by atoms with E-state index in [-0.39, 0.29) is 41.2 Å². The maximum absolute atomic E-state index is 13.2. The summed E-state index contributed by atoms with van der Waals surface area (Å²) in [7, 11) is 4.72. The zero-order valence-electron chi connectivity index (χ0n) is 17.4. The first-order valence-corrected chi connectivity index (χ1v) is 9.59. The number of ether oxygens (including phenoxy) is 2. The van der Waals surface area contributed by atoms with Gasteiger partial charge in [0.05, 0.1) is 12.0 Å². The predicted octanol–water partition coefficient (Wildman–Crippen LogP) is 4.08. The molecule has 2 aromatic rings. The first-order valence-electron chi connectivity index (χ1n) is 9.59. The van der Waals surface area contributed by atoms with Gasteiger partial charge in [-0.05, 0) is 42.7 Å². The number of hydrogen-bond acceptors (Lipinski definition) is 6. The van der Waals surface area contributed by atoms with Crippen molar-refractivity contribution in [1.82, 2.24) is 4.90 Å². The van der Waals surface area contributed by atoms with E-state index in [2.05, 4.69) is 4.74 Å². The van der Waals surface area contributed by atoms with Gasteiger partial charge in [0.1, 0.15) is 5.69 Å². The van der Waals surface area contributed by atoms with Gasteiger partial charge in [0, 0.05) is 38.3 Å². The lowest BCUT2D eigenvalue weighted by atomic mass is 10.1. The maximum Gasteiger partial charge on any atom is 0.387 e. The Labute approximate surface area is 178 Å². The quantitative estimate of drug-likeness (QED) is 0.436. The van der Waals surface area contributed by atoms with Crippen LogP contribution in [0.15, 0.2) is 36.4 Å². The second-order valence-electron chi connectivity index (χ2n) is 7.38. The fourth-order valence-electron chi connectivity index (χ4n) is 3.30. The van der Waals surface area contributed by atoms with Crippen molar-refractivity contribution in [3.63, 3.8) is 0 Å². The molecule has 0 bridgehead atoms. The van der Waals surface area contributed by atoms with Crippen molar-refractivity contribution >= 4 is 17.3 Å². The third-order valence-corrected chi connectivity index (χ3v) is 4.95. The molecule has 0 spiro atoms. The molecule has 0 radical (unpaired) electrons. The molecule has 10 heteroatoms. The van der Waals surface area contributed by atoms with Gasteiger partial charge in [0.15, 0.2) is 11.5 Å². The average molecular weight is 435 g/mol. The van der Waals surface area contributed by atoms with Crippen molar-refractivity contribution in [2.24, 2.45) is 0 Å². The molecule has 1 aliphatic carbocycles. The molecular weight excluding hydrogens is 412 g/mol. The fourth-order valence-corrected chi connectivity index (χ4v) is 3.30. The van der Waals surface area contributed by atoms with Crippen LogP contribution < -0.4 is 14.4 Å². The van der Waals surface area contributed by atoms with Crippen LogP contribution in [0.2, 0.25) is 0 Å². The van der Waals surface area contributed by atoms with Gasteiger partial charge in [-0.2, -0.15) is 8.78 Å². The van der Waals surface area contributed by atoms with Crippen LogP contribution in [0.5, 0.6) is 11.5 Å². The highest BCUT2D eigenvalue weighted by Gasteiger charge is 2.34. The molecule has 31 heavy (non-hydrogen) atoms. The number of rotatable bonds is 9. The van der Waals surface area contributed by atoms with Crippen LogP contribution in [-0.2, 0) is 6.54 Å². The molecule has 1 saturated carbocycles. The summed E-state index contributed by atoms with van der Waals surface area (Å²) in [6.45, 7) is -2.77. The number of halogens is 2. The number of methoxy groups -OCH3 is 1. The molecule has 0 unspecified atom stereocenters. The number of alkyl halides is 2. The average Bonchev–Trinajstić information content (AvgIpc) is 3.56. The second-order valence-corrected chi connectivity index (χ2v) is 7.38. The Kier molecular flexibility index (Phi) is 6.57. The van der Waals surface area contributed by atoms with Crippen molar-refractivity contribution in [3.8, 4) is 11.5 Å². The molecule has 0 saturated heterocycles. The lowest BCUT2D eigenvalue weighted by molar-refractivity contribution is -0.384. The van der Waals surface area contributed by atoms with Crippen LogP contribution in [0.4, 0.5) is 20.2 Å². The SMILES string of the molecule is COc1cc(CN(C(=O)c2ccc(N(C)C)c([N+](=O)[O-])c2)C2CC2)ccc1OC(F)F. The minimum Gasteiger partial charge on any atom is -0.493 e. The number of carbonyl (C=O) groups is 1. The van der Waals surface area contributed by atoms with E-state index in [0.717, 1.165) is 12.8 Å². The highest BCUT2D eigenvalue weighted by Crippen LogP contribution is 2.34. The van der Waals surface area contributed by atoms with Crippen LogP contribution in [0.1, 0.15) is 28.8 Å². The Morgan fingerprint density at radius 2 is 1.90 bits per heavy atom. The molecule has 0 heterocycles. The Balaban J connectivity index is 1.87. The van der Waals surface area contributed by atoms with Gasteiger partial charge >= 0.3 is 6.61 Å². The van der Waals surface area contributed by atoms with Crippen molar-refractivity contribution in [2.75, 3.05) is 26.1 Å². The molecule has 0 aromatic heterocycles. The van der Waals surface area contributed by atoms with E-state index >= 15 is 0 Å². The minimum atomic E-state index is -2.98. The van der Waals surface area contributed by atoms with E-state index < -0.39 is 11.5 Å². The number of amides is 1. The standard InChI is InChI=1S/C21H23F2N3O5/c1-24(2)16-8-5-14(11-17(16)26(28)29)20(27)25(15-6-7-15)12-13-4-9-18(31-21(22)23)19(10-13)30-3/h4-5,8-11,15,21H,6-7,12H2,1-3H3. The van der Waals surface area contributed by atoms with Gasteiger partial charge in [0.25, 0.3) is 11.6 Å². The Hall–Kier alpha value is -3.43. The fraction of sp³-hybridized carbons (Fsp3) is 0.381. The summed E-state index contributed by atoms with van der Waals surface area (Å²) in [6.07, 6.45) is 1.65. The molecule has 3 rings (SSSR count). The van der Waals surface area contributed by atoms with Crippen LogP contribution in [0, 0.1) is 10.1 Å². The summed E-state index contributed by atoms with van der Waals surface area (Å²) in [4.78, 5) is 27.4. The number of carbonyl (C=O) groups excluding carboxylic acids is 1. The summed E-state index contributed by atoms with van der Waals surface area (Å²) in [6, 6.07) is 8.91. The predicted molar refractivity (Wildman–Crippen MR) is 110 cm³/mol. The zero-order valence-corrected chi connectivity index (χ0v) is 17.4. The van der Waals surface area contributed by atoms with E-state index in [4.69, 9.17) is 4.74 Å². The number of hydrogen-bond donors (Lipinski definition) is 0. The largest absolute Gasteiger partial charge is 0.493 e. The lowest BCUT2D eigenvalue weighted by Crippen LogP contribution is -2.32. The van der Waals surface area contributed by atoms with E-state index in [1.165, 1.54) is 25.3 Å². The third kappa shape index (κ3) is 5.19. The maximum atomic E-state index is 13.2. The van der Waals surface area contributed by atoms with E-state index in [0.29, 0.717) is 11.3 Å². The van der Waals surface area contributed by atoms with Gasteiger partial charge in [0.2, 0.25) is 0 Å². The lowest BCUT2D eigenvalue weighted by Gasteiger charge is -2.23. The molecular formula is C21H23F2N3O5. The van der Waals surface area contributed by atoms with Crippen molar-refractivity contribution in [3.05, 3.63) is 57.6 Å². The third-order valence-electron chi connectivity index (χ3n) is 4.95. The van der Waals surface area contributed by atoms with Crippen LogP contribution >= 0.6 is 0 Å². The topological polar surface area (TPSA) is 85.2 Å². The first kappa shape index (κ1) is 22.3. The smallest absolute Gasteiger partial charge is 0.387 e. The van der Waals surface area contributed by atoms with Crippen molar-refractivity contribution in [2.45, 2.75) is 32.0 Å². The summed E-state index contributed by atoms with van der Waals surface area (Å²) in [5.41, 5.74) is 1.13. The molecule has 0 N–H and O–H groups in total. The Morgan fingerprint density at radius 1 is 1.19 bits per heavy atom. The summed E-state index contributed by atoms with van der Waals surface area (Å²) in [5, 5.41) is 11.5. The van der Waals surface area contributed by atoms with E-state index in [9.17, 15) is 23.7 Å². The van der Waals surface area contributed by atoms with Crippen LogP contribution in [0.25, 0.3) is 0 Å². The number of anilines is 1. The second kappa shape index (κ2) is 9.15. The molecule has 2 aromatic carbocycles. The zero-order chi connectivity index (χ0) is 22.7. The van der Waals surface area contributed by atoms with Gasteiger partial charge < -0.3 is 19.3 Å². The van der Waals surface area contributed by atoms with Crippen LogP contribution in [-0.4, -0.2) is 49.6 Å². The summed E-state index contributed by atoms with van der Waals surface area (Å²) >= 11 is 0. The summed E-state index contributed by atoms with van der Waals surface area (Å²) in [5.74, 6) is -0.296. The van der Waals surface area contributed by atoms with E-state index in [1.54, 1.807) is 42.1 Å². The first-order chi connectivity index (χ1) is 14.7. The molecule has 1 aliphatic rings. The van der Waals surface area contributed by atoms with Gasteiger partial charge in [-0.15, -0.1) is 0 Å². The minimum absolute atomic E-state index is 0.0167. The van der Waals surface area contributed by atoms with Crippen molar-refractivity contribution in [1.29, 1.82) is 0 Å². The van der Waals surface area contributed by atoms with Gasteiger partial charge in [-0.1, -0.05) is 6.07 Å². The van der Waals surface area contributed by atoms with Gasteiger partial charge in [-0.3, -0.25) is 14.9 Å². The van der Waals surface area contributed by atoms with Crippen molar-refractivity contribution < 1.29 is 28.0 Å². The molecule has 0 atom stereocenters. The molecule has 0 aliphatic heterocycles. The van der Waals surface area contributed by atoms with Gasteiger partial charge in [-0.25, -0.2) is 0 Å². The molecule has 8 nitrogen and oxygen atoms in total. The number of nitrogens with zero attached hydrogens (tertiary/aromatic N) is 3. The molecule has 1 fully saturated rings. The highest BCUT2D eigenvalue weighted by molar-refractivity contribution is 5.96. The number of benzene rings is 2. The highest BCUT2D eigenvalue weighted by atomic mass is 19.3. The monoisotopic (exact) mass is 435 g/mol. The van der Waals surface area contributed by atoms with Crippen LogP contribution in [0.3, 0.4) is 0 Å². The van der Waals surface area contributed by atoms with E-state index in [1.807, 2.05) is 0 Å². The summed E-state index contributed by atoms with van der Waals surface area (Å²) < 4.78 is 34.6. The Bertz CT molecular complexity index is 979. The Morgan fingerprint density at radius 3 is 2.45 bits per heavy atom. The number of nitro benzene ring substituents is 1. The molecule has 166 valence electrons.